The number of benzene rings is 3. The minimum atomic E-state index is -2.09. The highest BCUT2D eigenvalue weighted by molar-refractivity contribution is 6.74. The number of fused-ring (bicyclic) bond motifs is 2. The van der Waals surface area contributed by atoms with Crippen LogP contribution in [0.1, 0.15) is 66.5 Å². The van der Waals surface area contributed by atoms with Crippen molar-refractivity contribution in [3.8, 4) is 17.5 Å². The van der Waals surface area contributed by atoms with Crippen LogP contribution in [0.4, 0.5) is 10.2 Å². The lowest BCUT2D eigenvalue weighted by atomic mass is 10.0. The number of carbonyl (C=O) groups excluding carboxylic acids is 1. The number of hydrogen-bond donors (Lipinski definition) is 2. The lowest BCUT2D eigenvalue weighted by Gasteiger charge is -2.36. The molecule has 3 heterocycles. The van der Waals surface area contributed by atoms with E-state index in [0.29, 0.717) is 44.5 Å². The van der Waals surface area contributed by atoms with Gasteiger partial charge in [0.25, 0.3) is 11.5 Å². The molecule has 3 aromatic carbocycles. The van der Waals surface area contributed by atoms with Gasteiger partial charge in [0.15, 0.2) is 19.8 Å². The summed E-state index contributed by atoms with van der Waals surface area (Å²) >= 11 is 0. The first-order chi connectivity index (χ1) is 23.7. The number of amides is 1. The first-order valence-corrected chi connectivity index (χ1v) is 19.2. The molecule has 3 N–H and O–H groups in total. The fraction of sp³-hybridized carbons (Fsp3) is 0.231. The lowest BCUT2D eigenvalue weighted by Crippen LogP contribution is -2.40. The van der Waals surface area contributed by atoms with E-state index in [9.17, 15) is 14.0 Å². The van der Waals surface area contributed by atoms with Gasteiger partial charge in [-0.1, -0.05) is 62.9 Å². The number of carbonyl (C=O) groups is 1. The topological polar surface area (TPSA) is 117 Å². The molecule has 6 rings (SSSR count). The van der Waals surface area contributed by atoms with Gasteiger partial charge in [-0.05, 0) is 79.0 Å². The van der Waals surface area contributed by atoms with Gasteiger partial charge in [-0.15, -0.1) is 5.10 Å². The van der Waals surface area contributed by atoms with E-state index in [-0.39, 0.29) is 34.4 Å². The van der Waals surface area contributed by atoms with Crippen LogP contribution in [-0.4, -0.2) is 33.4 Å². The Hall–Kier alpha value is -5.57. The second-order valence-electron chi connectivity index (χ2n) is 13.8. The van der Waals surface area contributed by atoms with Crippen molar-refractivity contribution in [2.45, 2.75) is 58.5 Å². The molecule has 50 heavy (non-hydrogen) atoms. The van der Waals surface area contributed by atoms with Gasteiger partial charge in [0.05, 0.1) is 18.0 Å². The van der Waals surface area contributed by atoms with Crippen molar-refractivity contribution in [1.82, 2.24) is 24.5 Å². The Balaban J connectivity index is 1.39. The van der Waals surface area contributed by atoms with E-state index in [1.54, 1.807) is 48.1 Å². The number of rotatable bonds is 7. The first-order valence-electron chi connectivity index (χ1n) is 16.3. The molecule has 0 fully saturated rings. The molecule has 0 unspecified atom stereocenters. The maximum Gasteiger partial charge on any atom is 0.264 e. The predicted molar refractivity (Wildman–Crippen MR) is 197 cm³/mol. The van der Waals surface area contributed by atoms with Crippen LogP contribution in [0.25, 0.3) is 22.1 Å². The van der Waals surface area contributed by atoms with Crippen LogP contribution in [0.3, 0.4) is 0 Å². The molecule has 3 aromatic heterocycles. The summed E-state index contributed by atoms with van der Waals surface area (Å²) in [7, 11) is -2.09. The van der Waals surface area contributed by atoms with Gasteiger partial charge in [-0.25, -0.2) is 13.9 Å². The van der Waals surface area contributed by atoms with Gasteiger partial charge >= 0.3 is 0 Å². The first kappa shape index (κ1) is 34.3. The highest BCUT2D eigenvalue weighted by Crippen LogP contribution is 2.37. The maximum absolute atomic E-state index is 14.8. The highest BCUT2D eigenvalue weighted by atomic mass is 28.4. The molecule has 0 aliphatic heterocycles. The van der Waals surface area contributed by atoms with Crippen molar-refractivity contribution in [1.29, 1.82) is 0 Å². The van der Waals surface area contributed by atoms with Crippen LogP contribution in [0.2, 0.25) is 18.1 Å². The number of nitrogens with two attached hydrogens (primary N) is 1. The van der Waals surface area contributed by atoms with Gasteiger partial charge in [0.2, 0.25) is 0 Å². The van der Waals surface area contributed by atoms with E-state index in [0.717, 1.165) is 0 Å². The van der Waals surface area contributed by atoms with Crippen molar-refractivity contribution in [3.05, 3.63) is 135 Å². The summed E-state index contributed by atoms with van der Waals surface area (Å²) in [5, 5.41) is 8.26. The Morgan fingerprint density at radius 3 is 2.54 bits per heavy atom. The van der Waals surface area contributed by atoms with Crippen LogP contribution in [0.5, 0.6) is 0 Å². The zero-order valence-corrected chi connectivity index (χ0v) is 29.9. The van der Waals surface area contributed by atoms with Gasteiger partial charge in [0, 0.05) is 40.5 Å². The third kappa shape index (κ3) is 6.68. The minimum absolute atomic E-state index is 0.00815. The van der Waals surface area contributed by atoms with Gasteiger partial charge in [0.1, 0.15) is 11.4 Å². The normalized spacial score (nSPS) is 12.5. The molecule has 0 bridgehead atoms. The van der Waals surface area contributed by atoms with Gasteiger partial charge in [-0.3, -0.25) is 14.2 Å². The minimum Gasteiger partial charge on any atom is -0.412 e. The zero-order valence-electron chi connectivity index (χ0n) is 28.9. The van der Waals surface area contributed by atoms with E-state index >= 15 is 0 Å². The summed E-state index contributed by atoms with van der Waals surface area (Å²) in [6.07, 6.45) is 3.22. The molecule has 0 radical (unpaired) electrons. The molecule has 9 nitrogen and oxygen atoms in total. The monoisotopic (exact) mass is 686 g/mol. The van der Waals surface area contributed by atoms with Crippen LogP contribution in [-0.2, 0) is 11.0 Å². The third-order valence-electron chi connectivity index (χ3n) is 9.31. The van der Waals surface area contributed by atoms with Crippen LogP contribution < -0.4 is 16.6 Å². The molecular formula is C39H39FN6O3Si. The summed E-state index contributed by atoms with van der Waals surface area (Å²) in [5.74, 6) is 5.55. The number of nitrogens with zero attached hydrogens (tertiary/aromatic N) is 4. The number of anilines is 1. The largest absolute Gasteiger partial charge is 0.412 e. The summed E-state index contributed by atoms with van der Waals surface area (Å²) in [6, 6.07) is 22.4. The van der Waals surface area contributed by atoms with Crippen LogP contribution >= 0.6 is 0 Å². The zero-order chi connectivity index (χ0) is 35.8. The Morgan fingerprint density at radius 1 is 1.04 bits per heavy atom. The van der Waals surface area contributed by atoms with Crippen molar-refractivity contribution in [2.75, 3.05) is 5.73 Å². The predicted octanol–water partition coefficient (Wildman–Crippen LogP) is 7.17. The van der Waals surface area contributed by atoms with E-state index in [4.69, 9.17) is 10.2 Å². The second-order valence-corrected chi connectivity index (χ2v) is 18.6. The van der Waals surface area contributed by atoms with Crippen molar-refractivity contribution < 1.29 is 13.6 Å². The van der Waals surface area contributed by atoms with Crippen molar-refractivity contribution in [3.63, 3.8) is 0 Å². The SMILES string of the molecule is C[C@H](NC(=O)c1c(N)nn2cccnc12)c1cc2cccc(C#Cc3ccc(F)c(CO[Si](C)(C)C(C)(C)C)c3)c2c(=O)n1-c1ccccc1. The molecule has 0 saturated heterocycles. The Bertz CT molecular complexity index is 2370. The number of hydrogen-bond acceptors (Lipinski definition) is 6. The Kier molecular flexibility index (Phi) is 9.18. The fourth-order valence-corrected chi connectivity index (χ4v) is 6.44. The summed E-state index contributed by atoms with van der Waals surface area (Å²) < 4.78 is 24.1. The maximum atomic E-state index is 14.8. The number of para-hydroxylation sites is 1. The summed E-state index contributed by atoms with van der Waals surface area (Å²) in [5.41, 5.74) is 9.05. The molecule has 6 aromatic rings. The smallest absolute Gasteiger partial charge is 0.264 e. The molecule has 0 aliphatic carbocycles. The highest BCUT2D eigenvalue weighted by Gasteiger charge is 2.37. The second kappa shape index (κ2) is 13.4. The number of halogens is 1. The number of nitrogen functional groups attached to an aromatic ring is 1. The fourth-order valence-electron chi connectivity index (χ4n) is 5.49. The molecule has 1 atom stereocenters. The van der Waals surface area contributed by atoms with E-state index in [1.807, 2.05) is 48.5 Å². The summed E-state index contributed by atoms with van der Waals surface area (Å²) in [6.45, 7) is 12.7. The molecule has 1 amide bonds. The van der Waals surface area contributed by atoms with Crippen LogP contribution in [0, 0.1) is 17.7 Å². The van der Waals surface area contributed by atoms with E-state index in [1.165, 1.54) is 10.6 Å². The Morgan fingerprint density at radius 2 is 1.80 bits per heavy atom. The van der Waals surface area contributed by atoms with Gasteiger partial charge < -0.3 is 15.5 Å². The molecule has 0 aliphatic rings. The van der Waals surface area contributed by atoms with Crippen molar-refractivity contribution in [2.24, 2.45) is 0 Å². The Labute approximate surface area is 291 Å². The molecule has 0 spiro atoms. The third-order valence-corrected chi connectivity index (χ3v) is 13.8. The number of aromatic nitrogens is 4. The average molecular weight is 687 g/mol. The molecular weight excluding hydrogens is 648 g/mol. The molecule has 254 valence electrons. The number of nitrogens with one attached hydrogen (secondary N) is 1. The van der Waals surface area contributed by atoms with Crippen molar-refractivity contribution >= 4 is 36.5 Å². The van der Waals surface area contributed by atoms with Gasteiger partial charge in [-0.2, -0.15) is 0 Å². The quantitative estimate of drug-likeness (QED) is 0.136. The van der Waals surface area contributed by atoms with Crippen LogP contribution in [0.15, 0.2) is 96.1 Å². The summed E-state index contributed by atoms with van der Waals surface area (Å²) in [4.78, 5) is 32.3. The van der Waals surface area contributed by atoms with E-state index < -0.39 is 20.3 Å². The lowest BCUT2D eigenvalue weighted by molar-refractivity contribution is 0.0941. The molecule has 11 heteroatoms. The average Bonchev–Trinajstić information content (AvgIpc) is 3.42. The molecule has 0 saturated carbocycles. The number of pyridine rings is 1. The van der Waals surface area contributed by atoms with E-state index in [2.05, 4.69) is 61.1 Å². The standard InChI is InChI=1S/C39H39FN6O3Si/c1-25(43-37(47)34-35(41)44-45-21-11-20-42-36(34)45)32-23-28-13-10-12-27(33(28)38(48)46(32)30-14-8-7-9-15-30)18-16-26-17-19-31(40)29(22-26)24-49-50(5,6)39(2,3)4/h7-15,17,19-23,25H,24H2,1-6H3,(H2,41,44)(H,43,47)/t25-/m0/s1.